The molecule has 1 aromatic carbocycles. The van der Waals surface area contributed by atoms with Crippen LogP contribution in [0.4, 0.5) is 20.2 Å². The van der Waals surface area contributed by atoms with Gasteiger partial charge in [-0.25, -0.2) is 8.78 Å². The largest absolute Gasteiger partial charge is 0.370 e. The number of hydrogen-bond donors (Lipinski definition) is 2. The summed E-state index contributed by atoms with van der Waals surface area (Å²) in [6.07, 6.45) is -0.0827. The number of carbonyl (C=O) groups excluding carboxylic acids is 3. The van der Waals surface area contributed by atoms with Gasteiger partial charge < -0.3 is 20.7 Å². The Labute approximate surface area is 173 Å². The van der Waals surface area contributed by atoms with Crippen molar-refractivity contribution in [2.45, 2.75) is 44.7 Å². The number of amides is 3. The minimum Gasteiger partial charge on any atom is -0.370 e. The van der Waals surface area contributed by atoms with Crippen LogP contribution < -0.4 is 16.0 Å². The van der Waals surface area contributed by atoms with Crippen LogP contribution in [0.3, 0.4) is 0 Å². The first-order chi connectivity index (χ1) is 14.3. The smallest absolute Gasteiger partial charge is 0.265 e. The number of anilines is 2. The molecule has 3 N–H and O–H groups in total. The third-order valence-electron chi connectivity index (χ3n) is 5.57. The molecular formula is C20H26F2N4O4. The summed E-state index contributed by atoms with van der Waals surface area (Å²) < 4.78 is 32.4. The fourth-order valence-electron chi connectivity index (χ4n) is 3.85. The zero-order valence-electron chi connectivity index (χ0n) is 16.8. The number of alkyl halides is 2. The molecule has 0 aromatic heterocycles. The number of likely N-dealkylation sites (N-methyl/N-ethyl adjacent to an activating group) is 1. The van der Waals surface area contributed by atoms with E-state index in [1.165, 1.54) is 17.0 Å². The Morgan fingerprint density at radius 1 is 1.37 bits per heavy atom. The van der Waals surface area contributed by atoms with E-state index >= 15 is 0 Å². The number of nitrogens with zero attached hydrogens (tertiary/aromatic N) is 2. The second-order valence-corrected chi connectivity index (χ2v) is 7.38. The van der Waals surface area contributed by atoms with Gasteiger partial charge in [-0.3, -0.25) is 19.3 Å². The molecule has 1 aliphatic heterocycles. The summed E-state index contributed by atoms with van der Waals surface area (Å²) in [6.45, 7) is 2.55. The summed E-state index contributed by atoms with van der Waals surface area (Å²) in [5.41, 5.74) is 5.28. The van der Waals surface area contributed by atoms with Crippen molar-refractivity contribution in [1.82, 2.24) is 4.90 Å². The lowest BCUT2D eigenvalue weighted by Gasteiger charge is -2.40. The zero-order chi connectivity index (χ0) is 21.8. The standard InChI is InChI=1S/C20H26F2N4O4/c1-2-25(13-4-3-5-13)17(19(23)28)20(29)24-12-6-7-15(14(10-12)18(21)22)26-8-9-30-11-16(26)27/h6-7,10,13,17-18H,2-5,8-9,11H2,1H3,(H2,23,28)(H,24,29)/t17-/m1/s1. The van der Waals surface area contributed by atoms with Gasteiger partial charge >= 0.3 is 0 Å². The first-order valence-corrected chi connectivity index (χ1v) is 9.99. The molecule has 1 aromatic rings. The Balaban J connectivity index is 1.82. The van der Waals surface area contributed by atoms with E-state index in [9.17, 15) is 23.2 Å². The average Bonchev–Trinajstić information content (AvgIpc) is 2.66. The predicted octanol–water partition coefficient (Wildman–Crippen LogP) is 1.65. The van der Waals surface area contributed by atoms with Gasteiger partial charge in [0, 0.05) is 23.8 Å². The number of nitrogens with two attached hydrogens (primary N) is 1. The first kappa shape index (κ1) is 22.1. The van der Waals surface area contributed by atoms with Crippen LogP contribution in [0.25, 0.3) is 0 Å². The molecule has 1 saturated heterocycles. The highest BCUT2D eigenvalue weighted by Gasteiger charge is 2.37. The number of rotatable bonds is 8. The van der Waals surface area contributed by atoms with E-state index in [0.29, 0.717) is 6.54 Å². The van der Waals surface area contributed by atoms with E-state index < -0.39 is 30.2 Å². The molecule has 1 atom stereocenters. The van der Waals surface area contributed by atoms with Crippen LogP contribution in [-0.4, -0.2) is 61.0 Å². The SMILES string of the molecule is CCN(C1CCC1)[C@H](C(N)=O)C(=O)Nc1ccc(N2CCOCC2=O)c(C(F)F)c1. The lowest BCUT2D eigenvalue weighted by Crippen LogP contribution is -2.57. The van der Waals surface area contributed by atoms with E-state index in [1.54, 1.807) is 4.90 Å². The van der Waals surface area contributed by atoms with Gasteiger partial charge in [-0.1, -0.05) is 13.3 Å². The summed E-state index contributed by atoms with van der Waals surface area (Å²) in [7, 11) is 0. The van der Waals surface area contributed by atoms with Crippen molar-refractivity contribution in [2.75, 3.05) is 36.5 Å². The predicted molar refractivity (Wildman–Crippen MR) is 106 cm³/mol. The fourth-order valence-corrected chi connectivity index (χ4v) is 3.85. The fraction of sp³-hybridized carbons (Fsp3) is 0.550. The molecular weight excluding hydrogens is 398 g/mol. The Bertz CT molecular complexity index is 816. The number of primary amides is 1. The normalized spacial score (nSPS) is 18.4. The van der Waals surface area contributed by atoms with Crippen molar-refractivity contribution >= 4 is 29.1 Å². The minimum absolute atomic E-state index is 0.0763. The zero-order valence-corrected chi connectivity index (χ0v) is 16.8. The van der Waals surface area contributed by atoms with E-state index in [2.05, 4.69) is 5.32 Å². The monoisotopic (exact) mass is 424 g/mol. The summed E-state index contributed by atoms with van der Waals surface area (Å²) in [5.74, 6) is -1.86. The molecule has 0 unspecified atom stereocenters. The van der Waals surface area contributed by atoms with Crippen molar-refractivity contribution in [2.24, 2.45) is 5.73 Å². The molecule has 164 valence electrons. The van der Waals surface area contributed by atoms with E-state index in [-0.39, 0.29) is 42.7 Å². The van der Waals surface area contributed by atoms with Gasteiger partial charge in [-0.15, -0.1) is 0 Å². The summed E-state index contributed by atoms with van der Waals surface area (Å²) in [4.78, 5) is 39.8. The molecule has 8 nitrogen and oxygen atoms in total. The summed E-state index contributed by atoms with van der Waals surface area (Å²) in [5, 5.41) is 2.53. The Morgan fingerprint density at radius 3 is 2.63 bits per heavy atom. The Hall–Kier alpha value is -2.59. The second kappa shape index (κ2) is 9.48. The number of carbonyl (C=O) groups is 3. The van der Waals surface area contributed by atoms with Gasteiger partial charge in [-0.05, 0) is 37.6 Å². The molecule has 30 heavy (non-hydrogen) atoms. The number of ether oxygens (including phenoxy) is 1. The Morgan fingerprint density at radius 2 is 2.10 bits per heavy atom. The van der Waals surface area contributed by atoms with Gasteiger partial charge in [0.15, 0.2) is 6.04 Å². The number of halogens is 2. The molecule has 0 spiro atoms. The third-order valence-corrected chi connectivity index (χ3v) is 5.57. The van der Waals surface area contributed by atoms with Crippen molar-refractivity contribution in [1.29, 1.82) is 0 Å². The number of morpholine rings is 1. The summed E-state index contributed by atoms with van der Waals surface area (Å²) in [6, 6.07) is 2.83. The van der Waals surface area contributed by atoms with Crippen LogP contribution >= 0.6 is 0 Å². The van der Waals surface area contributed by atoms with Crippen LogP contribution in [0, 0.1) is 0 Å². The van der Waals surface area contributed by atoms with Crippen LogP contribution in [0.2, 0.25) is 0 Å². The molecule has 3 rings (SSSR count). The summed E-state index contributed by atoms with van der Waals surface area (Å²) >= 11 is 0. The van der Waals surface area contributed by atoms with Gasteiger partial charge in [-0.2, -0.15) is 0 Å². The van der Waals surface area contributed by atoms with Gasteiger partial charge in [0.1, 0.15) is 6.61 Å². The molecule has 2 aliphatic rings. The third kappa shape index (κ3) is 4.59. The number of hydrogen-bond acceptors (Lipinski definition) is 5. The van der Waals surface area contributed by atoms with Crippen molar-refractivity contribution in [3.8, 4) is 0 Å². The maximum Gasteiger partial charge on any atom is 0.265 e. The number of nitrogens with one attached hydrogen (secondary N) is 1. The van der Waals surface area contributed by atoms with E-state index in [0.717, 1.165) is 25.3 Å². The van der Waals surface area contributed by atoms with Crippen LogP contribution in [0.1, 0.15) is 38.2 Å². The topological polar surface area (TPSA) is 105 Å². The molecule has 2 fully saturated rings. The lowest BCUT2D eigenvalue weighted by molar-refractivity contribution is -0.134. The molecule has 1 saturated carbocycles. The first-order valence-electron chi connectivity index (χ1n) is 9.99. The van der Waals surface area contributed by atoms with E-state index in [4.69, 9.17) is 10.5 Å². The second-order valence-electron chi connectivity index (χ2n) is 7.38. The van der Waals surface area contributed by atoms with Crippen LogP contribution in [-0.2, 0) is 19.1 Å². The van der Waals surface area contributed by atoms with Crippen molar-refractivity contribution in [3.63, 3.8) is 0 Å². The molecule has 1 heterocycles. The van der Waals surface area contributed by atoms with Gasteiger partial charge in [0.05, 0.1) is 12.3 Å². The van der Waals surface area contributed by atoms with Crippen molar-refractivity contribution < 1.29 is 27.9 Å². The lowest BCUT2D eigenvalue weighted by atomic mass is 9.90. The Kier molecular flexibility index (Phi) is 6.99. The highest BCUT2D eigenvalue weighted by molar-refractivity contribution is 6.09. The van der Waals surface area contributed by atoms with Gasteiger partial charge in [0.2, 0.25) is 5.91 Å². The highest BCUT2D eigenvalue weighted by atomic mass is 19.3. The van der Waals surface area contributed by atoms with Crippen LogP contribution in [0.15, 0.2) is 18.2 Å². The molecule has 1 aliphatic carbocycles. The quantitative estimate of drug-likeness (QED) is 0.618. The highest BCUT2D eigenvalue weighted by Crippen LogP contribution is 2.33. The maximum absolute atomic E-state index is 13.7. The average molecular weight is 424 g/mol. The molecule has 0 radical (unpaired) electrons. The van der Waals surface area contributed by atoms with Crippen LogP contribution in [0.5, 0.6) is 0 Å². The maximum atomic E-state index is 13.7. The minimum atomic E-state index is -2.86. The molecule has 3 amide bonds. The number of benzene rings is 1. The van der Waals surface area contributed by atoms with E-state index in [1.807, 2.05) is 6.92 Å². The van der Waals surface area contributed by atoms with Gasteiger partial charge in [0.25, 0.3) is 18.2 Å². The van der Waals surface area contributed by atoms with Crippen molar-refractivity contribution in [3.05, 3.63) is 23.8 Å². The molecule has 0 bridgehead atoms. The molecule has 10 heteroatoms.